The molecule has 4 rings (SSSR count). The number of aliphatic hydroxyl groups excluding tert-OH is 2. The first-order chi connectivity index (χ1) is 17.0. The topological polar surface area (TPSA) is 91.7 Å². The number of fused-ring (bicyclic) bond motifs is 5. The van der Waals surface area contributed by atoms with E-state index in [0.29, 0.717) is 30.6 Å². The van der Waals surface area contributed by atoms with Gasteiger partial charge >= 0.3 is 0 Å². The Morgan fingerprint density at radius 2 is 1.81 bits per heavy atom. The lowest BCUT2D eigenvalue weighted by Crippen LogP contribution is -2.58. The molecule has 0 aromatic heterocycles. The fourth-order valence-electron chi connectivity index (χ4n) is 7.28. The second-order valence-electron chi connectivity index (χ2n) is 11.1. The van der Waals surface area contributed by atoms with Gasteiger partial charge in [-0.1, -0.05) is 54.5 Å². The Morgan fingerprint density at radius 3 is 2.33 bits per heavy atom. The van der Waals surface area contributed by atoms with Crippen molar-refractivity contribution in [2.75, 3.05) is 7.11 Å². The minimum atomic E-state index is -1.15. The summed E-state index contributed by atoms with van der Waals surface area (Å²) in [5, 5.41) is 18.2. The normalized spacial score (nSPS) is 37.9. The zero-order chi connectivity index (χ0) is 27.8. The highest BCUT2D eigenvalue weighted by atomic mass is 19.1. The smallest absolute Gasteiger partial charge is 0.178 e. The molecule has 0 heterocycles. The molecule has 3 fully saturated rings. The number of aliphatic hydroxyl groups is 2. The number of hydrogen-bond donors (Lipinski definition) is 2. The Balaban J connectivity index is 0.000000634. The third kappa shape index (κ3) is 6.24. The zero-order valence-electron chi connectivity index (χ0n) is 23.6. The van der Waals surface area contributed by atoms with Crippen molar-refractivity contribution in [1.82, 2.24) is 0 Å². The van der Waals surface area contributed by atoms with Crippen LogP contribution in [0.4, 0.5) is 4.39 Å². The molecule has 4 aliphatic rings. The third-order valence-corrected chi connectivity index (χ3v) is 8.63. The van der Waals surface area contributed by atoms with Gasteiger partial charge in [0.15, 0.2) is 5.78 Å². The standard InChI is InChI=1S/C23H31FO3.C4H8O.C2H6.CH4O/c1-4-5-19(26)16-7-6-15-14-11-18(24)17-10-13(25)8-9-22(17,2)21(14)20(27)12-23(15,16)3;1-4(2)3-5;2*1-2/h8-10,14-16,18,20-21,27H,4-7,11-12H2,1-3H3;3-4H,1-2H3;1-2H3;2H,1H3/t14?,15?,16?,18-,20?,21?,22?,23?;;;/m0.../s1. The van der Waals surface area contributed by atoms with E-state index < -0.39 is 17.7 Å². The van der Waals surface area contributed by atoms with Crippen molar-refractivity contribution in [3.8, 4) is 0 Å². The fourth-order valence-corrected chi connectivity index (χ4v) is 7.28. The summed E-state index contributed by atoms with van der Waals surface area (Å²) in [4.78, 5) is 34.1. The summed E-state index contributed by atoms with van der Waals surface area (Å²) < 4.78 is 15.2. The number of allylic oxidation sites excluding steroid dienone is 4. The van der Waals surface area contributed by atoms with E-state index in [4.69, 9.17) is 5.11 Å². The zero-order valence-corrected chi connectivity index (χ0v) is 23.6. The summed E-state index contributed by atoms with van der Waals surface area (Å²) in [5.74, 6) is 0.575. The van der Waals surface area contributed by atoms with Crippen molar-refractivity contribution >= 4 is 17.9 Å². The summed E-state index contributed by atoms with van der Waals surface area (Å²) in [6, 6.07) is 0. The van der Waals surface area contributed by atoms with E-state index in [1.165, 1.54) is 12.2 Å². The first-order valence-electron chi connectivity index (χ1n) is 13.7. The molecule has 0 aliphatic heterocycles. The number of carbonyl (C=O) groups excluding carboxylic acids is 3. The van der Waals surface area contributed by atoms with Gasteiger partial charge in [0.1, 0.15) is 18.2 Å². The second kappa shape index (κ2) is 13.8. The maximum Gasteiger partial charge on any atom is 0.178 e. The Labute approximate surface area is 217 Å². The summed E-state index contributed by atoms with van der Waals surface area (Å²) >= 11 is 0. The molecular formula is C30H49FO5. The molecule has 0 spiro atoms. The van der Waals surface area contributed by atoms with Gasteiger partial charge in [0.05, 0.1) is 6.10 Å². The third-order valence-electron chi connectivity index (χ3n) is 8.63. The largest absolute Gasteiger partial charge is 0.400 e. The highest BCUT2D eigenvalue weighted by molar-refractivity contribution is 6.01. The van der Waals surface area contributed by atoms with Crippen LogP contribution in [0.3, 0.4) is 0 Å². The highest BCUT2D eigenvalue weighted by Gasteiger charge is 2.63. The molecule has 3 saturated carbocycles. The average molecular weight is 509 g/mol. The van der Waals surface area contributed by atoms with Gasteiger partial charge in [-0.05, 0) is 67.1 Å². The van der Waals surface area contributed by atoms with Gasteiger partial charge in [0, 0.05) is 36.7 Å². The van der Waals surface area contributed by atoms with Crippen LogP contribution in [0.1, 0.15) is 87.0 Å². The van der Waals surface area contributed by atoms with Crippen molar-refractivity contribution in [1.29, 1.82) is 0 Å². The van der Waals surface area contributed by atoms with E-state index in [1.54, 1.807) is 0 Å². The van der Waals surface area contributed by atoms with E-state index in [9.17, 15) is 19.5 Å². The lowest BCUT2D eigenvalue weighted by molar-refractivity contribution is -0.142. The van der Waals surface area contributed by atoms with Crippen LogP contribution in [0.2, 0.25) is 0 Å². The average Bonchev–Trinajstić information content (AvgIpc) is 3.20. The molecule has 0 aromatic rings. The van der Waals surface area contributed by atoms with Gasteiger partial charge in [0.25, 0.3) is 0 Å². The number of alkyl halides is 1. The van der Waals surface area contributed by atoms with Crippen LogP contribution in [0, 0.1) is 40.4 Å². The SMILES string of the molecule is CC.CC(C)C=O.CCCC(=O)C1CCC2C3C[C@H](F)C4=CC(=O)C=CC4(C)C3C(O)CC12C.CO. The molecule has 7 unspecified atom stereocenters. The van der Waals surface area contributed by atoms with Gasteiger partial charge in [-0.3, -0.25) is 9.59 Å². The molecule has 0 bridgehead atoms. The molecular weight excluding hydrogens is 459 g/mol. The van der Waals surface area contributed by atoms with Gasteiger partial charge in [-0.25, -0.2) is 4.39 Å². The van der Waals surface area contributed by atoms with Crippen LogP contribution in [0.15, 0.2) is 23.8 Å². The summed E-state index contributed by atoms with van der Waals surface area (Å²) in [7, 11) is 1.00. The molecule has 0 amide bonds. The molecule has 0 saturated heterocycles. The number of rotatable bonds is 4. The molecule has 206 valence electrons. The van der Waals surface area contributed by atoms with Crippen molar-refractivity contribution in [2.24, 2.45) is 40.4 Å². The number of hydrogen-bond acceptors (Lipinski definition) is 5. The predicted molar refractivity (Wildman–Crippen MR) is 142 cm³/mol. The maximum atomic E-state index is 15.2. The van der Waals surface area contributed by atoms with Crippen LogP contribution in [0.5, 0.6) is 0 Å². The molecule has 0 radical (unpaired) electrons. The van der Waals surface area contributed by atoms with Crippen molar-refractivity contribution in [3.05, 3.63) is 23.8 Å². The lowest BCUT2D eigenvalue weighted by atomic mass is 9.46. The van der Waals surface area contributed by atoms with E-state index >= 15 is 4.39 Å². The van der Waals surface area contributed by atoms with Crippen LogP contribution >= 0.6 is 0 Å². The lowest BCUT2D eigenvalue weighted by Gasteiger charge is -2.59. The van der Waals surface area contributed by atoms with E-state index in [1.807, 2.05) is 47.6 Å². The first kappa shape index (κ1) is 32.4. The number of halogens is 1. The Bertz CT molecular complexity index is 818. The molecule has 8 atom stereocenters. The van der Waals surface area contributed by atoms with Crippen molar-refractivity contribution in [3.63, 3.8) is 0 Å². The second-order valence-corrected chi connectivity index (χ2v) is 11.1. The quantitative estimate of drug-likeness (QED) is 0.477. The van der Waals surface area contributed by atoms with Crippen molar-refractivity contribution < 1.29 is 29.0 Å². The van der Waals surface area contributed by atoms with Crippen LogP contribution in [-0.2, 0) is 14.4 Å². The maximum absolute atomic E-state index is 15.2. The number of aldehydes is 1. The van der Waals surface area contributed by atoms with Crippen LogP contribution in [-0.4, -0.2) is 47.5 Å². The van der Waals surface area contributed by atoms with Gasteiger partial charge in [0.2, 0.25) is 0 Å². The highest BCUT2D eigenvalue weighted by Crippen LogP contribution is 2.66. The number of Topliss-reactive ketones (excluding diaryl/α,β-unsaturated/α-hetero) is 1. The Hall–Kier alpha value is -1.66. The fraction of sp³-hybridized carbons (Fsp3) is 0.767. The monoisotopic (exact) mass is 508 g/mol. The van der Waals surface area contributed by atoms with E-state index in [0.717, 1.165) is 32.7 Å². The minimum absolute atomic E-state index is 0.00988. The van der Waals surface area contributed by atoms with Gasteiger partial charge in [-0.15, -0.1) is 0 Å². The molecule has 6 heteroatoms. The first-order valence-corrected chi connectivity index (χ1v) is 13.7. The molecule has 2 N–H and O–H groups in total. The van der Waals surface area contributed by atoms with Crippen molar-refractivity contribution in [2.45, 2.75) is 99.3 Å². The molecule has 36 heavy (non-hydrogen) atoms. The van der Waals surface area contributed by atoms with Crippen LogP contribution in [0.25, 0.3) is 0 Å². The summed E-state index contributed by atoms with van der Waals surface area (Å²) in [6.45, 7) is 13.9. The summed E-state index contributed by atoms with van der Waals surface area (Å²) in [6.07, 6.45) is 8.20. The number of ketones is 2. The molecule has 5 nitrogen and oxygen atoms in total. The van der Waals surface area contributed by atoms with Gasteiger partial charge in [-0.2, -0.15) is 0 Å². The number of carbonyl (C=O) groups is 3. The Kier molecular flexibility index (Phi) is 12.4. The van der Waals surface area contributed by atoms with E-state index in [2.05, 4.69) is 6.92 Å². The predicted octanol–water partition coefficient (Wildman–Crippen LogP) is 5.67. The molecule has 4 aliphatic carbocycles. The van der Waals surface area contributed by atoms with E-state index in [-0.39, 0.29) is 40.8 Å². The minimum Gasteiger partial charge on any atom is -0.400 e. The van der Waals surface area contributed by atoms with Gasteiger partial charge < -0.3 is 15.0 Å². The summed E-state index contributed by atoms with van der Waals surface area (Å²) in [5.41, 5.74) is -0.309. The Morgan fingerprint density at radius 1 is 1.22 bits per heavy atom. The molecule has 0 aromatic carbocycles. The van der Waals surface area contributed by atoms with Crippen LogP contribution < -0.4 is 0 Å².